The van der Waals surface area contributed by atoms with Gasteiger partial charge in [-0.25, -0.2) is 0 Å². The highest BCUT2D eigenvalue weighted by molar-refractivity contribution is 7.86. The van der Waals surface area contributed by atoms with Crippen molar-refractivity contribution in [2.45, 2.75) is 37.5 Å². The number of nitrogens with zero attached hydrogens (tertiary/aromatic N) is 1. The Balaban J connectivity index is 0.000000283. The zero-order valence-corrected chi connectivity index (χ0v) is 23.4. The molecule has 11 heteroatoms. The molecule has 0 saturated heterocycles. The number of hydrogen-bond acceptors (Lipinski definition) is 7. The summed E-state index contributed by atoms with van der Waals surface area (Å²) in [6.07, 6.45) is 0. The molecule has 0 atom stereocenters. The van der Waals surface area contributed by atoms with E-state index in [-0.39, 0.29) is 9.79 Å². The minimum Gasteiger partial charge on any atom is -0.399 e. The van der Waals surface area contributed by atoms with E-state index in [1.165, 1.54) is 35.5 Å². The van der Waals surface area contributed by atoms with Crippen molar-refractivity contribution in [2.75, 3.05) is 37.4 Å². The standard InChI is InChI=1S/C12H20N2O.2C7H8O3S/c1-4-14(7-8-15-3)12-6-5-11(13)9-10(12)2;2*1-6-2-4-7(5-3-6)11(8,9)10/h5-6,9H,4,7-8,13H2,1-3H3;2*2-5H,1H3,(H,8,9,10). The van der Waals surface area contributed by atoms with Gasteiger partial charge in [0.25, 0.3) is 20.2 Å². The van der Waals surface area contributed by atoms with E-state index in [1.807, 2.05) is 26.0 Å². The predicted molar refractivity (Wildman–Crippen MR) is 147 cm³/mol. The Morgan fingerprint density at radius 1 is 0.784 bits per heavy atom. The number of nitrogens with two attached hydrogens (primary N) is 1. The first-order valence-electron chi connectivity index (χ1n) is 11.4. The molecule has 0 saturated carbocycles. The number of benzene rings is 3. The van der Waals surface area contributed by atoms with Gasteiger partial charge >= 0.3 is 0 Å². The van der Waals surface area contributed by atoms with Gasteiger partial charge in [0.05, 0.1) is 16.4 Å². The lowest BCUT2D eigenvalue weighted by Crippen LogP contribution is -2.27. The van der Waals surface area contributed by atoms with E-state index in [0.717, 1.165) is 36.5 Å². The molecule has 0 aliphatic carbocycles. The highest BCUT2D eigenvalue weighted by atomic mass is 32.2. The van der Waals surface area contributed by atoms with Crippen LogP contribution in [0.5, 0.6) is 0 Å². The lowest BCUT2D eigenvalue weighted by Gasteiger charge is -2.24. The molecule has 0 aliphatic heterocycles. The fourth-order valence-corrected chi connectivity index (χ4v) is 4.06. The maximum Gasteiger partial charge on any atom is 0.294 e. The zero-order chi connectivity index (χ0) is 28.2. The molecule has 4 N–H and O–H groups in total. The summed E-state index contributed by atoms with van der Waals surface area (Å²) in [4.78, 5) is 2.16. The van der Waals surface area contributed by atoms with E-state index in [4.69, 9.17) is 19.6 Å². The van der Waals surface area contributed by atoms with Crippen molar-refractivity contribution >= 4 is 31.6 Å². The third-order valence-electron chi connectivity index (χ3n) is 5.15. The summed E-state index contributed by atoms with van der Waals surface area (Å²) in [6, 6.07) is 18.0. The van der Waals surface area contributed by atoms with E-state index in [9.17, 15) is 16.8 Å². The Bertz CT molecular complexity index is 1250. The number of hydrogen-bond donors (Lipinski definition) is 3. The van der Waals surface area contributed by atoms with E-state index in [1.54, 1.807) is 31.4 Å². The van der Waals surface area contributed by atoms with E-state index in [0.29, 0.717) is 0 Å². The highest BCUT2D eigenvalue weighted by Crippen LogP contribution is 2.21. The fraction of sp³-hybridized carbons (Fsp3) is 0.308. The number of rotatable bonds is 7. The molecule has 0 heterocycles. The van der Waals surface area contributed by atoms with E-state index < -0.39 is 20.2 Å². The number of ether oxygens (including phenoxy) is 1. The topological polar surface area (TPSA) is 147 Å². The molecule has 37 heavy (non-hydrogen) atoms. The molecule has 3 rings (SSSR count). The van der Waals surface area contributed by atoms with Gasteiger partial charge in [0, 0.05) is 31.6 Å². The number of methoxy groups -OCH3 is 1. The van der Waals surface area contributed by atoms with Crippen LogP contribution < -0.4 is 10.6 Å². The molecule has 3 aromatic rings. The Morgan fingerprint density at radius 3 is 1.54 bits per heavy atom. The van der Waals surface area contributed by atoms with Crippen molar-refractivity contribution in [3.05, 3.63) is 83.4 Å². The third-order valence-corrected chi connectivity index (χ3v) is 6.88. The number of likely N-dealkylation sites (N-methyl/N-ethyl adjacent to an activating group) is 1. The molecule has 3 aromatic carbocycles. The summed E-state index contributed by atoms with van der Waals surface area (Å²) in [5, 5.41) is 0. The van der Waals surface area contributed by atoms with Crippen molar-refractivity contribution in [1.82, 2.24) is 0 Å². The molecule has 0 unspecified atom stereocenters. The third kappa shape index (κ3) is 11.8. The second kappa shape index (κ2) is 14.7. The maximum atomic E-state index is 10.5. The second-order valence-corrected chi connectivity index (χ2v) is 11.0. The molecule has 0 aromatic heterocycles. The predicted octanol–water partition coefficient (Wildman–Crippen LogP) is 4.53. The van der Waals surface area contributed by atoms with Gasteiger partial charge in [-0.1, -0.05) is 35.4 Å². The fourth-order valence-electron chi connectivity index (χ4n) is 3.10. The number of anilines is 2. The quantitative estimate of drug-likeness (QED) is 0.284. The number of aryl methyl sites for hydroxylation is 3. The molecule has 0 spiro atoms. The Morgan fingerprint density at radius 2 is 1.22 bits per heavy atom. The van der Waals surface area contributed by atoms with E-state index in [2.05, 4.69) is 24.8 Å². The smallest absolute Gasteiger partial charge is 0.294 e. The highest BCUT2D eigenvalue weighted by Gasteiger charge is 2.08. The van der Waals surface area contributed by atoms with Crippen molar-refractivity contribution in [3.8, 4) is 0 Å². The second-order valence-electron chi connectivity index (χ2n) is 8.19. The summed E-state index contributed by atoms with van der Waals surface area (Å²) < 4.78 is 64.2. The van der Waals surface area contributed by atoms with Crippen molar-refractivity contribution < 1.29 is 30.7 Å². The van der Waals surface area contributed by atoms with Crippen LogP contribution in [0.1, 0.15) is 23.6 Å². The van der Waals surface area contributed by atoms with Crippen LogP contribution in [0.3, 0.4) is 0 Å². The monoisotopic (exact) mass is 552 g/mol. The summed E-state index contributed by atoms with van der Waals surface area (Å²) in [5.41, 5.74) is 10.9. The molecular formula is C26H36N2O7S2. The molecule has 0 amide bonds. The lowest BCUT2D eigenvalue weighted by atomic mass is 10.1. The van der Waals surface area contributed by atoms with Gasteiger partial charge in [0.2, 0.25) is 0 Å². The molecule has 0 fully saturated rings. The zero-order valence-electron chi connectivity index (χ0n) is 21.7. The Hall–Kier alpha value is -2.96. The molecule has 9 nitrogen and oxygen atoms in total. The lowest BCUT2D eigenvalue weighted by molar-refractivity contribution is 0.205. The molecule has 0 aliphatic rings. The van der Waals surface area contributed by atoms with E-state index >= 15 is 0 Å². The first-order valence-corrected chi connectivity index (χ1v) is 14.2. The Kier molecular flexibility index (Phi) is 12.7. The molecule has 0 bridgehead atoms. The molecule has 0 radical (unpaired) electrons. The van der Waals surface area contributed by atoms with Crippen molar-refractivity contribution in [2.24, 2.45) is 0 Å². The summed E-state index contributed by atoms with van der Waals surface area (Å²) >= 11 is 0. The average molecular weight is 553 g/mol. The minimum atomic E-state index is -4.02. The number of nitrogen functional groups attached to an aromatic ring is 1. The van der Waals surface area contributed by atoms with Gasteiger partial charge in [-0.3, -0.25) is 9.11 Å². The van der Waals surface area contributed by atoms with Crippen molar-refractivity contribution in [1.29, 1.82) is 0 Å². The minimum absolute atomic E-state index is 0.0666. The van der Waals surface area contributed by atoms with Crippen LogP contribution in [0, 0.1) is 20.8 Å². The van der Waals surface area contributed by atoms with Crippen LogP contribution in [-0.4, -0.2) is 52.7 Å². The summed E-state index contributed by atoms with van der Waals surface area (Å²) in [6.45, 7) is 10.6. The van der Waals surface area contributed by atoms with Gasteiger partial charge in [-0.2, -0.15) is 16.8 Å². The molecular weight excluding hydrogens is 516 g/mol. The van der Waals surface area contributed by atoms with Crippen molar-refractivity contribution in [3.63, 3.8) is 0 Å². The first-order chi connectivity index (χ1) is 17.2. The normalized spacial score (nSPS) is 11.0. The van der Waals surface area contributed by atoms with Crippen LogP contribution in [0.4, 0.5) is 11.4 Å². The summed E-state index contributed by atoms with van der Waals surface area (Å²) in [7, 11) is -6.31. The Labute approximate surface area is 220 Å². The van der Waals surface area contributed by atoms with Gasteiger partial charge in [-0.15, -0.1) is 0 Å². The summed E-state index contributed by atoms with van der Waals surface area (Å²) in [5.74, 6) is 0. The van der Waals surface area contributed by atoms with Gasteiger partial charge in [0.1, 0.15) is 0 Å². The SMILES string of the molecule is CCN(CCOC)c1ccc(N)cc1C.Cc1ccc(S(=O)(=O)O)cc1.Cc1ccc(S(=O)(=O)O)cc1. The van der Waals surface area contributed by atoms with Crippen LogP contribution >= 0.6 is 0 Å². The first kappa shape index (κ1) is 32.1. The van der Waals surface area contributed by atoms with Crippen LogP contribution in [-0.2, 0) is 25.0 Å². The van der Waals surface area contributed by atoms with Crippen LogP contribution in [0.2, 0.25) is 0 Å². The maximum absolute atomic E-state index is 10.5. The van der Waals surface area contributed by atoms with Crippen LogP contribution in [0.25, 0.3) is 0 Å². The van der Waals surface area contributed by atoms with Gasteiger partial charge < -0.3 is 15.4 Å². The van der Waals surface area contributed by atoms with Crippen LogP contribution in [0.15, 0.2) is 76.5 Å². The average Bonchev–Trinajstić information content (AvgIpc) is 2.81. The largest absolute Gasteiger partial charge is 0.399 e. The van der Waals surface area contributed by atoms with Gasteiger partial charge in [0.15, 0.2) is 0 Å². The molecule has 204 valence electrons. The van der Waals surface area contributed by atoms with Gasteiger partial charge in [-0.05, 0) is 75.7 Å².